The summed E-state index contributed by atoms with van der Waals surface area (Å²) in [4.78, 5) is 13.9. The maximum atomic E-state index is 9.31. The van der Waals surface area contributed by atoms with E-state index in [1.807, 2.05) is 18.2 Å². The third kappa shape index (κ3) is 7.75. The molecule has 0 N–H and O–H groups in total. The second-order valence-electron chi connectivity index (χ2n) is 13.4. The van der Waals surface area contributed by atoms with Gasteiger partial charge in [-0.3, -0.25) is 9.88 Å². The number of likely N-dealkylation sites (tertiary alicyclic amines) is 2. The third-order valence-corrected chi connectivity index (χ3v) is 10.2. The Morgan fingerprint density at radius 2 is 1.73 bits per heavy atom. The highest BCUT2D eigenvalue weighted by Crippen LogP contribution is 2.37. The summed E-state index contributed by atoms with van der Waals surface area (Å²) in [6.45, 7) is 7.78. The van der Waals surface area contributed by atoms with E-state index in [1.54, 1.807) is 18.5 Å². The lowest BCUT2D eigenvalue weighted by molar-refractivity contribution is 0.214. The fourth-order valence-corrected chi connectivity index (χ4v) is 7.18. The zero-order valence-electron chi connectivity index (χ0n) is 28.3. The highest BCUT2D eigenvalue weighted by atomic mass is 35.5. The zero-order chi connectivity index (χ0) is 33.7. The molecule has 2 aliphatic heterocycles. The number of oxazole rings is 1. The van der Waals surface area contributed by atoms with Crippen molar-refractivity contribution in [3.05, 3.63) is 106 Å². The van der Waals surface area contributed by atoms with Crippen LogP contribution in [0.4, 0.5) is 0 Å². The second-order valence-corrected chi connectivity index (χ2v) is 13.8. The molecule has 0 aliphatic carbocycles. The van der Waals surface area contributed by atoms with E-state index < -0.39 is 0 Å². The number of piperidine rings is 2. The highest BCUT2D eigenvalue weighted by Gasteiger charge is 2.23. The van der Waals surface area contributed by atoms with Crippen molar-refractivity contribution in [3.63, 3.8) is 0 Å². The van der Waals surface area contributed by atoms with Gasteiger partial charge in [0.25, 0.3) is 0 Å². The summed E-state index contributed by atoms with van der Waals surface area (Å²) < 4.78 is 19.0. The molecular weight excluding hydrogens is 634 g/mol. The van der Waals surface area contributed by atoms with Crippen LogP contribution in [0.2, 0.25) is 5.02 Å². The summed E-state index contributed by atoms with van der Waals surface area (Å²) in [5.74, 6) is 2.52. The smallest absolute Gasteiger partial charge is 0.198 e. The largest absolute Gasteiger partial charge is 0.488 e. The summed E-state index contributed by atoms with van der Waals surface area (Å²) in [7, 11) is 2.17. The van der Waals surface area contributed by atoms with Crippen molar-refractivity contribution < 1.29 is 13.9 Å². The molecule has 0 radical (unpaired) electrons. The van der Waals surface area contributed by atoms with Gasteiger partial charge in [0.2, 0.25) is 0 Å². The highest BCUT2D eigenvalue weighted by molar-refractivity contribution is 6.32. The van der Waals surface area contributed by atoms with E-state index in [4.69, 9.17) is 30.5 Å². The van der Waals surface area contributed by atoms with Gasteiger partial charge in [-0.25, -0.2) is 4.98 Å². The quantitative estimate of drug-likeness (QED) is 0.145. The first-order valence-electron chi connectivity index (χ1n) is 17.3. The Bertz CT molecular complexity index is 1970. The minimum atomic E-state index is 0.285. The van der Waals surface area contributed by atoms with Crippen LogP contribution in [-0.4, -0.2) is 53.0 Å². The number of fused-ring (bicyclic) bond motifs is 1. The Morgan fingerprint density at radius 3 is 2.55 bits per heavy atom. The van der Waals surface area contributed by atoms with Gasteiger partial charge in [-0.05, 0) is 112 Å². The number of aromatic nitrogens is 2. The molecular formula is C40H42ClN5O3. The first kappa shape index (κ1) is 33.1. The Balaban J connectivity index is 1.10. The molecule has 3 aromatic carbocycles. The first-order valence-corrected chi connectivity index (χ1v) is 17.6. The summed E-state index contributed by atoms with van der Waals surface area (Å²) in [5, 5.41) is 9.87. The van der Waals surface area contributed by atoms with Crippen LogP contribution in [0, 0.1) is 18.3 Å². The van der Waals surface area contributed by atoms with Crippen LogP contribution in [0.3, 0.4) is 0 Å². The van der Waals surface area contributed by atoms with E-state index in [0.717, 1.165) is 102 Å². The molecule has 2 fully saturated rings. The molecule has 8 nitrogen and oxygen atoms in total. The number of benzene rings is 3. The van der Waals surface area contributed by atoms with Gasteiger partial charge in [0.05, 0.1) is 10.6 Å². The number of nitriles is 1. The lowest BCUT2D eigenvalue weighted by atomic mass is 9.96. The third-order valence-electron chi connectivity index (χ3n) is 9.89. The molecule has 9 heteroatoms. The van der Waals surface area contributed by atoms with E-state index in [2.05, 4.69) is 65.2 Å². The number of ether oxygens (including phenoxy) is 2. The van der Waals surface area contributed by atoms with E-state index in [-0.39, 0.29) is 6.61 Å². The van der Waals surface area contributed by atoms with Crippen molar-refractivity contribution in [2.24, 2.45) is 0 Å². The lowest BCUT2D eigenvalue weighted by Gasteiger charge is -2.27. The van der Waals surface area contributed by atoms with Gasteiger partial charge >= 0.3 is 0 Å². The Kier molecular flexibility index (Phi) is 10.1. The molecule has 252 valence electrons. The number of hydrogen-bond acceptors (Lipinski definition) is 8. The molecule has 2 saturated heterocycles. The fraction of sp³-hybridized carbons (Fsp3) is 0.375. The average molecular weight is 676 g/mol. The van der Waals surface area contributed by atoms with Crippen LogP contribution in [0.25, 0.3) is 22.2 Å². The summed E-state index contributed by atoms with van der Waals surface area (Å²) in [6.07, 6.45) is 9.09. The minimum absolute atomic E-state index is 0.285. The molecule has 5 aromatic rings. The van der Waals surface area contributed by atoms with Gasteiger partial charge < -0.3 is 18.8 Å². The number of rotatable bonds is 10. The topological polar surface area (TPSA) is 87.7 Å². The summed E-state index contributed by atoms with van der Waals surface area (Å²) in [5.41, 5.74) is 8.52. The first-order chi connectivity index (χ1) is 23.9. The Morgan fingerprint density at radius 1 is 0.918 bits per heavy atom. The molecule has 4 heterocycles. The van der Waals surface area contributed by atoms with Crippen molar-refractivity contribution in [1.82, 2.24) is 19.8 Å². The van der Waals surface area contributed by atoms with Crippen LogP contribution < -0.4 is 9.47 Å². The Hall–Kier alpha value is -4.42. The predicted octanol–water partition coefficient (Wildman–Crippen LogP) is 8.68. The maximum absolute atomic E-state index is 9.31. The number of nitrogens with zero attached hydrogens (tertiary/aromatic N) is 5. The van der Waals surface area contributed by atoms with Crippen molar-refractivity contribution in [3.8, 4) is 28.7 Å². The van der Waals surface area contributed by atoms with E-state index in [0.29, 0.717) is 28.9 Å². The molecule has 0 amide bonds. The molecule has 0 unspecified atom stereocenters. The van der Waals surface area contributed by atoms with Gasteiger partial charge in [0.1, 0.15) is 36.3 Å². The van der Waals surface area contributed by atoms with Crippen LogP contribution >= 0.6 is 11.6 Å². The number of pyridine rings is 1. The van der Waals surface area contributed by atoms with Gasteiger partial charge in [0, 0.05) is 42.0 Å². The second kappa shape index (κ2) is 15.0. The lowest BCUT2D eigenvalue weighted by Crippen LogP contribution is -2.29. The zero-order valence-corrected chi connectivity index (χ0v) is 29.0. The van der Waals surface area contributed by atoms with Gasteiger partial charge in [-0.2, -0.15) is 5.26 Å². The van der Waals surface area contributed by atoms with Gasteiger partial charge in [-0.15, -0.1) is 0 Å². The maximum Gasteiger partial charge on any atom is 0.198 e. The number of halogens is 1. The van der Waals surface area contributed by atoms with Crippen molar-refractivity contribution >= 4 is 22.7 Å². The minimum Gasteiger partial charge on any atom is -0.488 e. The molecule has 2 aromatic heterocycles. The molecule has 0 bridgehead atoms. The molecule has 0 spiro atoms. The van der Waals surface area contributed by atoms with Crippen molar-refractivity contribution in [2.75, 3.05) is 33.2 Å². The van der Waals surface area contributed by atoms with Crippen LogP contribution in [0.1, 0.15) is 71.7 Å². The average Bonchev–Trinajstić information content (AvgIpc) is 3.56. The van der Waals surface area contributed by atoms with E-state index >= 15 is 0 Å². The van der Waals surface area contributed by atoms with Crippen molar-refractivity contribution in [1.29, 1.82) is 5.26 Å². The SMILES string of the molecule is Cc1c(COc2cc(OCc3cncc(C#N)c3)c(CN3CCCCC3)cc2Cl)cccc1-c1ccc2oc(C3CCN(C)CC3)nc2c1. The monoisotopic (exact) mass is 675 g/mol. The van der Waals surface area contributed by atoms with E-state index in [1.165, 1.54) is 19.3 Å². The molecule has 49 heavy (non-hydrogen) atoms. The summed E-state index contributed by atoms with van der Waals surface area (Å²) >= 11 is 6.87. The molecule has 0 saturated carbocycles. The van der Waals surface area contributed by atoms with Crippen LogP contribution in [0.15, 0.2) is 71.4 Å². The summed E-state index contributed by atoms with van der Waals surface area (Å²) in [6, 6.07) is 20.4. The van der Waals surface area contributed by atoms with Gasteiger partial charge in [-0.1, -0.05) is 42.3 Å². The van der Waals surface area contributed by atoms with Crippen LogP contribution in [-0.2, 0) is 19.8 Å². The Labute approximate surface area is 293 Å². The fourth-order valence-electron chi connectivity index (χ4n) is 6.94. The van der Waals surface area contributed by atoms with Crippen molar-refractivity contribution in [2.45, 2.75) is 64.7 Å². The molecule has 0 atom stereocenters. The van der Waals surface area contributed by atoms with E-state index in [9.17, 15) is 5.26 Å². The van der Waals surface area contributed by atoms with Crippen LogP contribution in [0.5, 0.6) is 11.5 Å². The normalized spacial score (nSPS) is 16.1. The standard InChI is InChI=1S/C40H42ClN5O3/c1-27-32(7-6-8-34(27)31-9-10-37-36(19-31)44-40(49-37)30-11-15-45(2)16-12-30)26-48-39-20-38(47-25-29-17-28(21-42)22-43-23-29)33(18-35(39)41)24-46-13-4-3-5-14-46/h6-10,17-20,22-23,30H,3-5,11-16,24-26H2,1-2H3. The van der Waals surface area contributed by atoms with Gasteiger partial charge in [0.15, 0.2) is 11.5 Å². The molecule has 2 aliphatic rings. The number of hydrogen-bond donors (Lipinski definition) is 0. The predicted molar refractivity (Wildman–Crippen MR) is 192 cm³/mol. The molecule has 7 rings (SSSR count).